The summed E-state index contributed by atoms with van der Waals surface area (Å²) in [5, 5.41) is 0. The van der Waals surface area contributed by atoms with Crippen LogP contribution < -0.4 is 5.73 Å². The van der Waals surface area contributed by atoms with Crippen molar-refractivity contribution in [3.63, 3.8) is 0 Å². The van der Waals surface area contributed by atoms with Gasteiger partial charge in [0.2, 0.25) is 5.91 Å². The number of aryl methyl sites for hydroxylation is 1. The number of hydrogen-bond acceptors (Lipinski definition) is 2. The van der Waals surface area contributed by atoms with Crippen molar-refractivity contribution < 1.29 is 4.79 Å². The summed E-state index contributed by atoms with van der Waals surface area (Å²) in [5.74, 6) is -0.000400. The van der Waals surface area contributed by atoms with Gasteiger partial charge in [-0.2, -0.15) is 0 Å². The molecule has 0 saturated carbocycles. The van der Waals surface area contributed by atoms with E-state index >= 15 is 0 Å². The third-order valence-electron chi connectivity index (χ3n) is 2.90. The lowest BCUT2D eigenvalue weighted by Gasteiger charge is -2.26. The van der Waals surface area contributed by atoms with Crippen LogP contribution in [0.15, 0.2) is 24.3 Å². The van der Waals surface area contributed by atoms with Gasteiger partial charge in [-0.3, -0.25) is 4.79 Å². The topological polar surface area (TPSA) is 46.3 Å². The van der Waals surface area contributed by atoms with Crippen LogP contribution in [0.4, 0.5) is 0 Å². The molecule has 0 fully saturated rings. The molecule has 1 aromatic carbocycles. The van der Waals surface area contributed by atoms with Gasteiger partial charge in [0.1, 0.15) is 0 Å². The van der Waals surface area contributed by atoms with Crippen molar-refractivity contribution in [2.75, 3.05) is 6.54 Å². The largest absolute Gasteiger partial charge is 0.335 e. The predicted molar refractivity (Wildman–Crippen MR) is 70.6 cm³/mol. The SMILES string of the molecule is CCc1ccc(CN(C(=O)CN)C(C)C)cc1. The molecular weight excluding hydrogens is 212 g/mol. The zero-order valence-corrected chi connectivity index (χ0v) is 10.9. The molecule has 0 saturated heterocycles. The summed E-state index contributed by atoms with van der Waals surface area (Å²) in [6, 6.07) is 8.56. The van der Waals surface area contributed by atoms with Crippen molar-refractivity contribution in [2.45, 2.75) is 39.8 Å². The summed E-state index contributed by atoms with van der Waals surface area (Å²) in [7, 11) is 0. The highest BCUT2D eigenvalue weighted by Crippen LogP contribution is 2.10. The molecule has 3 nitrogen and oxygen atoms in total. The van der Waals surface area contributed by atoms with E-state index in [0.29, 0.717) is 6.54 Å². The smallest absolute Gasteiger partial charge is 0.236 e. The van der Waals surface area contributed by atoms with Crippen LogP contribution in [0, 0.1) is 0 Å². The number of amides is 1. The molecule has 0 atom stereocenters. The van der Waals surface area contributed by atoms with Gasteiger partial charge < -0.3 is 10.6 Å². The van der Waals surface area contributed by atoms with E-state index in [9.17, 15) is 4.79 Å². The van der Waals surface area contributed by atoms with Gasteiger partial charge >= 0.3 is 0 Å². The number of nitrogens with zero attached hydrogens (tertiary/aromatic N) is 1. The normalized spacial score (nSPS) is 10.6. The first-order valence-electron chi connectivity index (χ1n) is 6.15. The van der Waals surface area contributed by atoms with E-state index in [-0.39, 0.29) is 18.5 Å². The summed E-state index contributed by atoms with van der Waals surface area (Å²) in [6.07, 6.45) is 1.04. The van der Waals surface area contributed by atoms with Gasteiger partial charge in [-0.25, -0.2) is 0 Å². The molecule has 0 unspecified atom stereocenters. The highest BCUT2D eigenvalue weighted by molar-refractivity contribution is 5.78. The molecular formula is C14H22N2O. The maximum Gasteiger partial charge on any atom is 0.236 e. The first-order chi connectivity index (χ1) is 8.08. The fourth-order valence-corrected chi connectivity index (χ4v) is 1.75. The molecule has 0 aliphatic rings. The Bertz CT molecular complexity index is 357. The van der Waals surface area contributed by atoms with E-state index in [2.05, 4.69) is 31.2 Å². The molecule has 0 heterocycles. The Morgan fingerprint density at radius 2 is 1.76 bits per heavy atom. The summed E-state index contributed by atoms with van der Waals surface area (Å²) >= 11 is 0. The Balaban J connectivity index is 2.75. The van der Waals surface area contributed by atoms with Gasteiger partial charge in [0, 0.05) is 12.6 Å². The van der Waals surface area contributed by atoms with Gasteiger partial charge in [0.15, 0.2) is 0 Å². The second kappa shape index (κ2) is 6.40. The Kier molecular flexibility index (Phi) is 5.16. The maximum absolute atomic E-state index is 11.7. The third-order valence-corrected chi connectivity index (χ3v) is 2.90. The average Bonchev–Trinajstić information content (AvgIpc) is 2.35. The number of nitrogens with two attached hydrogens (primary N) is 1. The zero-order valence-electron chi connectivity index (χ0n) is 10.9. The molecule has 1 amide bonds. The Hall–Kier alpha value is -1.35. The van der Waals surface area contributed by atoms with Crippen molar-refractivity contribution in [2.24, 2.45) is 5.73 Å². The molecule has 0 radical (unpaired) electrons. The highest BCUT2D eigenvalue weighted by atomic mass is 16.2. The summed E-state index contributed by atoms with van der Waals surface area (Å²) in [4.78, 5) is 13.5. The van der Waals surface area contributed by atoms with Crippen molar-refractivity contribution in [1.82, 2.24) is 4.90 Å². The van der Waals surface area contributed by atoms with Crippen molar-refractivity contribution in [3.05, 3.63) is 35.4 Å². The van der Waals surface area contributed by atoms with Crippen LogP contribution in [-0.2, 0) is 17.8 Å². The monoisotopic (exact) mass is 234 g/mol. The molecule has 0 spiro atoms. The highest BCUT2D eigenvalue weighted by Gasteiger charge is 2.15. The fraction of sp³-hybridized carbons (Fsp3) is 0.500. The van der Waals surface area contributed by atoms with E-state index in [1.807, 2.05) is 13.8 Å². The van der Waals surface area contributed by atoms with Gasteiger partial charge in [0.05, 0.1) is 6.54 Å². The molecule has 0 bridgehead atoms. The second-order valence-electron chi connectivity index (χ2n) is 4.49. The van der Waals surface area contributed by atoms with Gasteiger partial charge in [-0.15, -0.1) is 0 Å². The third kappa shape index (κ3) is 3.86. The van der Waals surface area contributed by atoms with Crippen LogP contribution in [0.3, 0.4) is 0 Å². The summed E-state index contributed by atoms with van der Waals surface area (Å²) < 4.78 is 0. The van der Waals surface area contributed by atoms with E-state index < -0.39 is 0 Å². The minimum atomic E-state index is -0.000400. The molecule has 0 aromatic heterocycles. The number of hydrogen-bond donors (Lipinski definition) is 1. The molecule has 1 aromatic rings. The van der Waals surface area contributed by atoms with Crippen LogP contribution >= 0.6 is 0 Å². The number of benzene rings is 1. The first kappa shape index (κ1) is 13.7. The minimum absolute atomic E-state index is 0.000400. The number of carbonyl (C=O) groups excluding carboxylic acids is 1. The minimum Gasteiger partial charge on any atom is -0.335 e. The average molecular weight is 234 g/mol. The Morgan fingerprint density at radius 3 is 2.18 bits per heavy atom. The molecule has 17 heavy (non-hydrogen) atoms. The lowest BCUT2D eigenvalue weighted by Crippen LogP contribution is -2.40. The van der Waals surface area contributed by atoms with Crippen LogP contribution in [0.2, 0.25) is 0 Å². The van der Waals surface area contributed by atoms with Gasteiger partial charge in [-0.05, 0) is 31.4 Å². The van der Waals surface area contributed by atoms with E-state index in [1.54, 1.807) is 4.90 Å². The Morgan fingerprint density at radius 1 is 1.24 bits per heavy atom. The van der Waals surface area contributed by atoms with E-state index in [0.717, 1.165) is 12.0 Å². The fourth-order valence-electron chi connectivity index (χ4n) is 1.75. The zero-order chi connectivity index (χ0) is 12.8. The molecule has 3 heteroatoms. The molecule has 1 rings (SSSR count). The standard InChI is InChI=1S/C14H22N2O/c1-4-12-5-7-13(8-6-12)10-16(11(2)3)14(17)9-15/h5-8,11H,4,9-10,15H2,1-3H3. The predicted octanol–water partition coefficient (Wildman–Crippen LogP) is 1.94. The van der Waals surface area contributed by atoms with E-state index in [4.69, 9.17) is 5.73 Å². The van der Waals surface area contributed by atoms with Crippen LogP contribution in [0.5, 0.6) is 0 Å². The lowest BCUT2D eigenvalue weighted by molar-refractivity contribution is -0.132. The second-order valence-corrected chi connectivity index (χ2v) is 4.49. The van der Waals surface area contributed by atoms with Crippen molar-refractivity contribution >= 4 is 5.91 Å². The number of rotatable bonds is 5. The molecule has 2 N–H and O–H groups in total. The van der Waals surface area contributed by atoms with Crippen molar-refractivity contribution in [3.8, 4) is 0 Å². The molecule has 0 aliphatic carbocycles. The van der Waals surface area contributed by atoms with Crippen LogP contribution in [0.1, 0.15) is 31.9 Å². The van der Waals surface area contributed by atoms with Crippen molar-refractivity contribution in [1.29, 1.82) is 0 Å². The molecule has 0 aliphatic heterocycles. The van der Waals surface area contributed by atoms with E-state index in [1.165, 1.54) is 5.56 Å². The van der Waals surface area contributed by atoms with Gasteiger partial charge in [-0.1, -0.05) is 31.2 Å². The lowest BCUT2D eigenvalue weighted by atomic mass is 10.1. The summed E-state index contributed by atoms with van der Waals surface area (Å²) in [5.41, 5.74) is 7.88. The van der Waals surface area contributed by atoms with Gasteiger partial charge in [0.25, 0.3) is 0 Å². The number of carbonyl (C=O) groups is 1. The Labute approximate surface area is 104 Å². The first-order valence-corrected chi connectivity index (χ1v) is 6.15. The molecule has 94 valence electrons. The maximum atomic E-state index is 11.7. The van der Waals surface area contributed by atoms with Crippen LogP contribution in [0.25, 0.3) is 0 Å². The summed E-state index contributed by atoms with van der Waals surface area (Å²) in [6.45, 7) is 6.86. The van der Waals surface area contributed by atoms with Crippen LogP contribution in [-0.4, -0.2) is 23.4 Å². The quantitative estimate of drug-likeness (QED) is 0.846.